The summed E-state index contributed by atoms with van der Waals surface area (Å²) in [6.45, 7) is 3.45. The van der Waals surface area contributed by atoms with E-state index >= 15 is 0 Å². The van der Waals surface area contributed by atoms with E-state index in [2.05, 4.69) is 16.9 Å². The van der Waals surface area contributed by atoms with E-state index in [1.807, 2.05) is 49.5 Å². The number of piperazine rings is 1. The first-order valence-electron chi connectivity index (χ1n) is 10.4. The summed E-state index contributed by atoms with van der Waals surface area (Å²) < 4.78 is 0. The highest BCUT2D eigenvalue weighted by Gasteiger charge is 2.28. The number of amides is 2. The summed E-state index contributed by atoms with van der Waals surface area (Å²) in [4.78, 5) is 38.0. The molecule has 162 valence electrons. The van der Waals surface area contributed by atoms with Crippen molar-refractivity contribution in [2.45, 2.75) is 13.3 Å². The minimum atomic E-state index is -0.0888. The van der Waals surface area contributed by atoms with Gasteiger partial charge in [-0.25, -0.2) is 4.98 Å². The first-order chi connectivity index (χ1) is 14.9. The second-order valence-electron chi connectivity index (χ2n) is 8.03. The average Bonchev–Trinajstić information content (AvgIpc) is 3.17. The number of rotatable bonds is 5. The van der Waals surface area contributed by atoms with Crippen molar-refractivity contribution < 1.29 is 9.59 Å². The highest BCUT2D eigenvalue weighted by Crippen LogP contribution is 2.36. The number of anilines is 1. The molecule has 1 fully saturated rings. The molecule has 0 aliphatic carbocycles. The van der Waals surface area contributed by atoms with Crippen molar-refractivity contribution in [3.8, 4) is 11.1 Å². The number of likely N-dealkylation sites (N-methyl/N-ethyl adjacent to an activating group) is 1. The monoisotopic (exact) mass is 439 g/mol. The number of aromatic nitrogens is 2. The second-order valence-corrected chi connectivity index (χ2v) is 8.40. The Hall–Kier alpha value is -2.90. The standard InChI is InChI=1S/C23H26ClN5O2/c1-4-15-11-25-23-21(15)22(24)18(12-26-23)16-6-5-7-17(10-16)29-9-8-28(14-20(29)31)19(30)13-27(2)3/h5-7,10-12H,4,8-9,13-14H2,1-3H3,(H,25,26). The van der Waals surface area contributed by atoms with Crippen LogP contribution in [0, 0.1) is 0 Å². The average molecular weight is 440 g/mol. The number of halogens is 1. The molecule has 1 N–H and O–H groups in total. The van der Waals surface area contributed by atoms with Gasteiger partial charge < -0.3 is 19.7 Å². The number of hydrogen-bond donors (Lipinski definition) is 1. The molecule has 0 bridgehead atoms. The third kappa shape index (κ3) is 4.16. The van der Waals surface area contributed by atoms with Crippen LogP contribution in [-0.4, -0.2) is 71.9 Å². The van der Waals surface area contributed by atoms with Crippen LogP contribution in [0.3, 0.4) is 0 Å². The van der Waals surface area contributed by atoms with E-state index in [1.54, 1.807) is 16.0 Å². The van der Waals surface area contributed by atoms with E-state index in [-0.39, 0.29) is 18.4 Å². The van der Waals surface area contributed by atoms with Crippen LogP contribution < -0.4 is 4.90 Å². The lowest BCUT2D eigenvalue weighted by Gasteiger charge is -2.35. The summed E-state index contributed by atoms with van der Waals surface area (Å²) in [6.07, 6.45) is 4.56. The van der Waals surface area contributed by atoms with Crippen molar-refractivity contribution in [2.24, 2.45) is 0 Å². The minimum absolute atomic E-state index is 0.0314. The highest BCUT2D eigenvalue weighted by atomic mass is 35.5. The summed E-state index contributed by atoms with van der Waals surface area (Å²) in [5.41, 5.74) is 4.43. The van der Waals surface area contributed by atoms with Gasteiger partial charge in [-0.15, -0.1) is 0 Å². The summed E-state index contributed by atoms with van der Waals surface area (Å²) in [5.74, 6) is -0.120. The topological polar surface area (TPSA) is 72.5 Å². The number of nitrogens with one attached hydrogen (secondary N) is 1. The van der Waals surface area contributed by atoms with Gasteiger partial charge in [0.15, 0.2) is 0 Å². The zero-order valence-electron chi connectivity index (χ0n) is 18.0. The SMILES string of the molecule is CCc1c[nH]c2ncc(-c3cccc(N4CCN(C(=O)CN(C)C)CC4=O)c3)c(Cl)c12. The molecule has 0 atom stereocenters. The smallest absolute Gasteiger partial charge is 0.246 e. The molecule has 0 saturated carbocycles. The van der Waals surface area contributed by atoms with Gasteiger partial charge in [0.25, 0.3) is 0 Å². The Morgan fingerprint density at radius 3 is 2.81 bits per heavy atom. The highest BCUT2D eigenvalue weighted by molar-refractivity contribution is 6.38. The van der Waals surface area contributed by atoms with Crippen LogP contribution in [0.25, 0.3) is 22.2 Å². The van der Waals surface area contributed by atoms with Crippen molar-refractivity contribution in [3.05, 3.63) is 47.2 Å². The van der Waals surface area contributed by atoms with Gasteiger partial charge in [0, 0.05) is 42.1 Å². The van der Waals surface area contributed by atoms with Crippen LogP contribution in [0.5, 0.6) is 0 Å². The first kappa shape index (κ1) is 21.3. The number of pyridine rings is 1. The van der Waals surface area contributed by atoms with Crippen molar-refractivity contribution in [1.29, 1.82) is 0 Å². The Morgan fingerprint density at radius 1 is 1.29 bits per heavy atom. The molecule has 7 nitrogen and oxygen atoms in total. The fraction of sp³-hybridized carbons (Fsp3) is 0.348. The molecule has 3 heterocycles. The normalized spacial score (nSPS) is 14.7. The van der Waals surface area contributed by atoms with Gasteiger partial charge in [-0.1, -0.05) is 30.7 Å². The van der Waals surface area contributed by atoms with Crippen LogP contribution in [0.15, 0.2) is 36.7 Å². The number of fused-ring (bicyclic) bond motifs is 1. The first-order valence-corrected chi connectivity index (χ1v) is 10.7. The van der Waals surface area contributed by atoms with Gasteiger partial charge in [0.05, 0.1) is 11.6 Å². The van der Waals surface area contributed by atoms with Crippen molar-refractivity contribution in [1.82, 2.24) is 19.8 Å². The fourth-order valence-corrected chi connectivity index (χ4v) is 4.34. The van der Waals surface area contributed by atoms with E-state index in [9.17, 15) is 9.59 Å². The maximum atomic E-state index is 12.8. The Kier molecular flexibility index (Phi) is 5.98. The van der Waals surface area contributed by atoms with Gasteiger partial charge in [0.2, 0.25) is 11.8 Å². The molecule has 8 heteroatoms. The molecular weight excluding hydrogens is 414 g/mol. The zero-order valence-corrected chi connectivity index (χ0v) is 18.7. The van der Waals surface area contributed by atoms with Gasteiger partial charge >= 0.3 is 0 Å². The van der Waals surface area contributed by atoms with E-state index in [4.69, 9.17) is 11.6 Å². The molecular formula is C23H26ClN5O2. The lowest BCUT2D eigenvalue weighted by atomic mass is 10.0. The molecule has 2 amide bonds. The second kappa shape index (κ2) is 8.69. The minimum Gasteiger partial charge on any atom is -0.346 e. The maximum absolute atomic E-state index is 12.8. The van der Waals surface area contributed by atoms with Gasteiger partial charge in [-0.3, -0.25) is 9.59 Å². The number of carbonyl (C=O) groups excluding carboxylic acids is 2. The number of nitrogens with zero attached hydrogens (tertiary/aromatic N) is 4. The number of aryl methyl sites for hydroxylation is 1. The summed E-state index contributed by atoms with van der Waals surface area (Å²) in [6, 6.07) is 7.76. The van der Waals surface area contributed by atoms with Crippen molar-refractivity contribution in [3.63, 3.8) is 0 Å². The fourth-order valence-electron chi connectivity index (χ4n) is 3.97. The van der Waals surface area contributed by atoms with E-state index < -0.39 is 0 Å². The molecule has 1 aliphatic rings. The molecule has 1 aromatic carbocycles. The van der Waals surface area contributed by atoms with Gasteiger partial charge in [0.1, 0.15) is 12.2 Å². The Morgan fingerprint density at radius 2 is 2.10 bits per heavy atom. The molecule has 3 aromatic rings. The van der Waals surface area contributed by atoms with E-state index in [0.29, 0.717) is 24.7 Å². The van der Waals surface area contributed by atoms with Crippen molar-refractivity contribution in [2.75, 3.05) is 45.2 Å². The predicted molar refractivity (Wildman–Crippen MR) is 123 cm³/mol. The number of aromatic amines is 1. The van der Waals surface area contributed by atoms with Gasteiger partial charge in [-0.2, -0.15) is 0 Å². The van der Waals surface area contributed by atoms with Gasteiger partial charge in [-0.05, 0) is 43.8 Å². The zero-order chi connectivity index (χ0) is 22.1. The molecule has 1 saturated heterocycles. The van der Waals surface area contributed by atoms with Crippen LogP contribution in [0.2, 0.25) is 5.02 Å². The van der Waals surface area contributed by atoms with Crippen LogP contribution in [0.1, 0.15) is 12.5 Å². The molecule has 0 unspecified atom stereocenters. The lowest BCUT2D eigenvalue weighted by Crippen LogP contribution is -2.53. The van der Waals surface area contributed by atoms with Crippen molar-refractivity contribution >= 4 is 40.1 Å². The molecule has 0 radical (unpaired) electrons. The molecule has 2 aromatic heterocycles. The third-order valence-corrected chi connectivity index (χ3v) is 5.99. The number of carbonyl (C=O) groups is 2. The Bertz CT molecular complexity index is 1140. The largest absolute Gasteiger partial charge is 0.346 e. The van der Waals surface area contributed by atoms with Crippen LogP contribution >= 0.6 is 11.6 Å². The quantitative estimate of drug-likeness (QED) is 0.662. The number of hydrogen-bond acceptors (Lipinski definition) is 4. The number of H-pyrrole nitrogens is 1. The molecule has 31 heavy (non-hydrogen) atoms. The molecule has 4 rings (SSSR count). The Labute approximate surface area is 186 Å². The third-order valence-electron chi connectivity index (χ3n) is 5.59. The summed E-state index contributed by atoms with van der Waals surface area (Å²) in [7, 11) is 3.69. The summed E-state index contributed by atoms with van der Waals surface area (Å²) >= 11 is 6.77. The predicted octanol–water partition coefficient (Wildman–Crippen LogP) is 3.18. The van der Waals surface area contributed by atoms with E-state index in [0.717, 1.165) is 39.8 Å². The lowest BCUT2D eigenvalue weighted by molar-refractivity contribution is -0.137. The maximum Gasteiger partial charge on any atom is 0.246 e. The Balaban J connectivity index is 1.60. The number of benzene rings is 1. The summed E-state index contributed by atoms with van der Waals surface area (Å²) in [5, 5.41) is 1.60. The van der Waals surface area contributed by atoms with Crippen LogP contribution in [0.4, 0.5) is 5.69 Å². The van der Waals surface area contributed by atoms with E-state index in [1.165, 1.54) is 0 Å². The van der Waals surface area contributed by atoms with Crippen LogP contribution in [-0.2, 0) is 16.0 Å². The molecule has 1 aliphatic heterocycles. The molecule has 0 spiro atoms.